The van der Waals surface area contributed by atoms with E-state index in [-0.39, 0.29) is 12.5 Å². The largest absolute Gasteiger partial charge is 0.416 e. The van der Waals surface area contributed by atoms with Crippen molar-refractivity contribution in [3.63, 3.8) is 0 Å². The first-order valence-corrected chi connectivity index (χ1v) is 10.6. The number of carbonyl (C=O) groups excluding carboxylic acids is 1. The molecule has 32 heavy (non-hydrogen) atoms. The molecule has 2 aliphatic heterocycles. The normalized spacial score (nSPS) is 26.3. The molecule has 0 aromatic heterocycles. The van der Waals surface area contributed by atoms with Gasteiger partial charge in [0.2, 0.25) is 0 Å². The van der Waals surface area contributed by atoms with Crippen molar-refractivity contribution in [3.8, 4) is 0 Å². The smallest absolute Gasteiger partial charge is 0.372 e. The number of hydrogen-bond donors (Lipinski definition) is 2. The zero-order chi connectivity index (χ0) is 23.0. The average molecular weight is 445 g/mol. The van der Waals surface area contributed by atoms with Crippen LogP contribution < -0.4 is 10.6 Å². The molecule has 1 saturated heterocycles. The molecular weight excluding hydrogens is 419 g/mol. The Labute approximate surface area is 185 Å². The van der Waals surface area contributed by atoms with Gasteiger partial charge >= 0.3 is 6.18 Å². The lowest BCUT2D eigenvalue weighted by Crippen LogP contribution is -2.60. The first-order valence-electron chi connectivity index (χ1n) is 10.6. The monoisotopic (exact) mass is 445 g/mol. The summed E-state index contributed by atoms with van der Waals surface area (Å²) in [5.74, 6) is -0.125. The van der Waals surface area contributed by atoms with E-state index >= 15 is 0 Å². The molecule has 2 aromatic carbocycles. The lowest BCUT2D eigenvalue weighted by Gasteiger charge is -2.44. The minimum absolute atomic E-state index is 0.125. The van der Waals surface area contributed by atoms with Gasteiger partial charge in [0, 0.05) is 6.54 Å². The van der Waals surface area contributed by atoms with Crippen molar-refractivity contribution in [1.82, 2.24) is 10.6 Å². The number of alkyl halides is 3. The van der Waals surface area contributed by atoms with E-state index in [2.05, 4.69) is 15.6 Å². The lowest BCUT2D eigenvalue weighted by molar-refractivity contribution is -0.137. The van der Waals surface area contributed by atoms with Crippen molar-refractivity contribution in [3.05, 3.63) is 70.8 Å². The first kappa shape index (κ1) is 22.5. The Morgan fingerprint density at radius 3 is 2.50 bits per heavy atom. The topological polar surface area (TPSA) is 62.7 Å². The van der Waals surface area contributed by atoms with E-state index in [1.165, 1.54) is 6.34 Å². The molecule has 2 N–H and O–H groups in total. The molecule has 0 saturated carbocycles. The number of nitrogens with zero attached hydrogens (tertiary/aromatic N) is 1. The van der Waals surface area contributed by atoms with Gasteiger partial charge in [-0.05, 0) is 49.9 Å². The van der Waals surface area contributed by atoms with Crippen molar-refractivity contribution >= 4 is 12.2 Å². The Morgan fingerprint density at radius 1 is 1.16 bits per heavy atom. The first-order chi connectivity index (χ1) is 15.1. The summed E-state index contributed by atoms with van der Waals surface area (Å²) in [6.07, 6.45) is -2.38. The molecule has 3 atom stereocenters. The molecule has 1 fully saturated rings. The molecule has 2 aliphatic rings. The van der Waals surface area contributed by atoms with E-state index in [1.807, 2.05) is 30.3 Å². The second kappa shape index (κ2) is 8.33. The Kier molecular flexibility index (Phi) is 5.85. The molecule has 170 valence electrons. The quantitative estimate of drug-likeness (QED) is 0.723. The molecular formula is C24H26F3N3O2. The van der Waals surface area contributed by atoms with Crippen LogP contribution in [0.5, 0.6) is 0 Å². The molecule has 8 heteroatoms. The van der Waals surface area contributed by atoms with Crippen molar-refractivity contribution in [2.24, 2.45) is 4.99 Å². The van der Waals surface area contributed by atoms with E-state index in [4.69, 9.17) is 4.74 Å². The number of nitrogens with one attached hydrogen (secondary N) is 2. The van der Waals surface area contributed by atoms with Crippen molar-refractivity contribution in [2.75, 3.05) is 13.2 Å². The van der Waals surface area contributed by atoms with Crippen LogP contribution in [0.2, 0.25) is 0 Å². The van der Waals surface area contributed by atoms with Gasteiger partial charge in [-0.2, -0.15) is 13.2 Å². The summed E-state index contributed by atoms with van der Waals surface area (Å²) in [4.78, 5) is 16.7. The fourth-order valence-electron chi connectivity index (χ4n) is 4.41. The highest BCUT2D eigenvalue weighted by atomic mass is 19.4. The molecule has 5 nitrogen and oxygen atoms in total. The van der Waals surface area contributed by atoms with Gasteiger partial charge in [-0.1, -0.05) is 42.0 Å². The Morgan fingerprint density at radius 2 is 1.91 bits per heavy atom. The second-order valence-electron chi connectivity index (χ2n) is 8.65. The molecule has 2 aromatic rings. The number of halogens is 3. The third kappa shape index (κ3) is 4.29. The predicted molar refractivity (Wildman–Crippen MR) is 115 cm³/mol. The third-order valence-corrected chi connectivity index (χ3v) is 6.42. The molecule has 0 radical (unpaired) electrons. The summed E-state index contributed by atoms with van der Waals surface area (Å²) >= 11 is 0. The minimum atomic E-state index is -4.41. The maximum Gasteiger partial charge on any atom is 0.416 e. The number of aliphatic imine (C=N–C) groups is 1. The van der Waals surface area contributed by atoms with Gasteiger partial charge in [-0.15, -0.1) is 0 Å². The highest BCUT2D eigenvalue weighted by Crippen LogP contribution is 2.38. The van der Waals surface area contributed by atoms with E-state index in [9.17, 15) is 18.0 Å². The van der Waals surface area contributed by atoms with E-state index in [0.29, 0.717) is 30.5 Å². The number of piperidine rings is 1. The fourth-order valence-corrected chi connectivity index (χ4v) is 4.41. The Balaban J connectivity index is 1.55. The maximum absolute atomic E-state index is 13.3. The summed E-state index contributed by atoms with van der Waals surface area (Å²) in [7, 11) is 0. The maximum atomic E-state index is 13.3. The van der Waals surface area contributed by atoms with Gasteiger partial charge in [0.25, 0.3) is 5.91 Å². The second-order valence-corrected chi connectivity index (χ2v) is 8.65. The molecule has 0 aliphatic carbocycles. The minimum Gasteiger partial charge on any atom is -0.372 e. The summed E-state index contributed by atoms with van der Waals surface area (Å²) in [6.45, 7) is 4.00. The number of carbonyl (C=O) groups is 1. The number of hydrogen-bond acceptors (Lipinski definition) is 4. The number of benzene rings is 2. The van der Waals surface area contributed by atoms with Crippen LogP contribution >= 0.6 is 0 Å². The highest BCUT2D eigenvalue weighted by Gasteiger charge is 2.49. The van der Waals surface area contributed by atoms with Gasteiger partial charge in [-0.25, -0.2) is 0 Å². The van der Waals surface area contributed by atoms with Gasteiger partial charge in [0.1, 0.15) is 0 Å². The van der Waals surface area contributed by atoms with Gasteiger partial charge in [0.05, 0.1) is 30.2 Å². The summed E-state index contributed by atoms with van der Waals surface area (Å²) < 4.78 is 45.9. The summed E-state index contributed by atoms with van der Waals surface area (Å²) in [5.41, 5.74) is -0.0514. The van der Waals surface area contributed by atoms with E-state index < -0.39 is 28.9 Å². The van der Waals surface area contributed by atoms with Crippen LogP contribution in [0, 0.1) is 6.92 Å². The number of rotatable bonds is 5. The molecule has 0 unspecified atom stereocenters. The summed E-state index contributed by atoms with van der Waals surface area (Å²) in [6, 6.07) is 13.8. The van der Waals surface area contributed by atoms with Crippen molar-refractivity contribution < 1.29 is 22.7 Å². The number of ether oxygens (including phenoxy) is 1. The van der Waals surface area contributed by atoms with Crippen LogP contribution in [-0.4, -0.2) is 30.9 Å². The molecule has 1 amide bonds. The van der Waals surface area contributed by atoms with Crippen LogP contribution in [0.4, 0.5) is 13.2 Å². The fraction of sp³-hybridized carbons (Fsp3) is 0.417. The number of aryl methyl sites for hydroxylation is 1. The van der Waals surface area contributed by atoms with Crippen LogP contribution in [0.15, 0.2) is 53.5 Å². The van der Waals surface area contributed by atoms with Crippen molar-refractivity contribution in [2.45, 2.75) is 50.0 Å². The Bertz CT molecular complexity index is 1010. The van der Waals surface area contributed by atoms with Crippen LogP contribution in [0.25, 0.3) is 0 Å². The van der Waals surface area contributed by atoms with Crippen LogP contribution in [0.1, 0.15) is 48.1 Å². The molecule has 2 heterocycles. The lowest BCUT2D eigenvalue weighted by atomic mass is 9.76. The van der Waals surface area contributed by atoms with E-state index in [1.54, 1.807) is 19.9 Å². The number of amides is 1. The van der Waals surface area contributed by atoms with Crippen LogP contribution in [0.3, 0.4) is 0 Å². The Hall–Kier alpha value is -2.71. The molecule has 0 bridgehead atoms. The SMILES string of the molecule is Cc1cc([C@@H](C)OC[C@@]2(c3ccccc3)CC[C@@]3(CN2)N=CNC3=O)cc(C(F)(F)F)c1. The zero-order valence-electron chi connectivity index (χ0n) is 18.0. The van der Waals surface area contributed by atoms with Gasteiger partial charge in [-0.3, -0.25) is 9.79 Å². The average Bonchev–Trinajstić information content (AvgIpc) is 3.13. The van der Waals surface area contributed by atoms with Gasteiger partial charge < -0.3 is 15.4 Å². The van der Waals surface area contributed by atoms with Crippen LogP contribution in [-0.2, 0) is 21.2 Å². The van der Waals surface area contributed by atoms with E-state index in [0.717, 1.165) is 17.7 Å². The molecule has 4 rings (SSSR count). The summed E-state index contributed by atoms with van der Waals surface area (Å²) in [5, 5.41) is 6.13. The standard InChI is InChI=1S/C24H26F3N3O2/c1-16-10-18(12-20(11-16)24(25,26)27)17(2)32-14-23(19-6-4-3-5-7-19)9-8-22(13-29-23)21(31)28-15-30-22/h3-7,10-12,15,17,29H,8-9,13-14H2,1-2H3,(H,28,30,31)/t17-,22+,23-/m1/s1. The third-order valence-electron chi connectivity index (χ3n) is 6.42. The van der Waals surface area contributed by atoms with Crippen molar-refractivity contribution in [1.29, 1.82) is 0 Å². The highest BCUT2D eigenvalue weighted by molar-refractivity contribution is 6.00. The zero-order valence-corrected chi connectivity index (χ0v) is 18.0. The molecule has 1 spiro atoms. The van der Waals surface area contributed by atoms with Gasteiger partial charge in [0.15, 0.2) is 5.54 Å². The predicted octanol–water partition coefficient (Wildman–Crippen LogP) is 4.27.